The Balaban J connectivity index is 1.20. The number of aliphatic imine (C=N–C) groups is 1. The Labute approximate surface area is 259 Å². The van der Waals surface area contributed by atoms with Crippen molar-refractivity contribution in [3.05, 3.63) is 143 Å². The number of hydrogen-bond donors (Lipinski definition) is 3. The molecule has 222 valence electrons. The summed E-state index contributed by atoms with van der Waals surface area (Å²) in [5.41, 5.74) is 8.23. The fourth-order valence-corrected chi connectivity index (χ4v) is 6.78. The first-order valence-corrected chi connectivity index (χ1v) is 15.1. The third-order valence-corrected chi connectivity index (χ3v) is 8.93. The minimum atomic E-state index is -0.228. The van der Waals surface area contributed by atoms with E-state index in [4.69, 9.17) is 9.73 Å². The van der Waals surface area contributed by atoms with E-state index in [1.54, 1.807) is 0 Å². The zero-order valence-electron chi connectivity index (χ0n) is 25.1. The van der Waals surface area contributed by atoms with Crippen molar-refractivity contribution in [1.29, 1.82) is 0 Å². The molecule has 7 heteroatoms. The van der Waals surface area contributed by atoms with Gasteiger partial charge in [0.1, 0.15) is 11.9 Å². The van der Waals surface area contributed by atoms with E-state index in [0.29, 0.717) is 0 Å². The van der Waals surface area contributed by atoms with Crippen molar-refractivity contribution in [2.75, 3.05) is 26.0 Å². The van der Waals surface area contributed by atoms with Gasteiger partial charge >= 0.3 is 0 Å². The molecule has 44 heavy (non-hydrogen) atoms. The number of fused-ring (bicyclic) bond motifs is 3. The van der Waals surface area contributed by atoms with Crippen LogP contribution in [0.5, 0.6) is 5.75 Å². The fourth-order valence-electron chi connectivity index (χ4n) is 6.78. The topological polar surface area (TPSA) is 64.2 Å². The summed E-state index contributed by atoms with van der Waals surface area (Å²) in [7, 11) is 4.34. The number of para-hydroxylation sites is 2. The Morgan fingerprint density at radius 1 is 0.795 bits per heavy atom. The molecular formula is C37H38N6O. The summed E-state index contributed by atoms with van der Waals surface area (Å²) in [5.74, 6) is 0.877. The zero-order valence-corrected chi connectivity index (χ0v) is 25.1. The van der Waals surface area contributed by atoms with Crippen molar-refractivity contribution in [2.45, 2.75) is 30.6 Å². The van der Waals surface area contributed by atoms with Crippen LogP contribution in [0, 0.1) is 0 Å². The molecule has 0 aromatic heterocycles. The molecule has 3 N–H and O–H groups in total. The Morgan fingerprint density at radius 3 is 2.20 bits per heavy atom. The molecule has 0 amide bonds. The molecule has 7 nitrogen and oxygen atoms in total. The van der Waals surface area contributed by atoms with Crippen LogP contribution >= 0.6 is 0 Å². The van der Waals surface area contributed by atoms with Crippen LogP contribution in [-0.4, -0.2) is 43.3 Å². The molecule has 4 aromatic rings. The summed E-state index contributed by atoms with van der Waals surface area (Å²) >= 11 is 0. The highest BCUT2D eigenvalue weighted by Crippen LogP contribution is 2.39. The molecule has 0 spiro atoms. The Bertz CT molecular complexity index is 1670. The maximum absolute atomic E-state index is 6.21. The quantitative estimate of drug-likeness (QED) is 0.151. The highest BCUT2D eigenvalue weighted by Gasteiger charge is 2.35. The lowest BCUT2D eigenvalue weighted by Crippen LogP contribution is -2.49. The molecule has 3 heterocycles. The molecule has 0 saturated carbocycles. The SMILES string of the molecule is C=NC(C1NC=Cc2ccccc21)N(C)C(c1ccc(C2Nc3ccccc3O2)cc1)N(C)CC1NC=Cc2ccccc21. The fraction of sp³-hybridized carbons (Fsp3) is 0.216. The number of benzene rings is 4. The second-order valence-electron chi connectivity index (χ2n) is 11.7. The van der Waals surface area contributed by atoms with Crippen molar-refractivity contribution in [2.24, 2.45) is 4.99 Å². The number of nitrogens with zero attached hydrogens (tertiary/aromatic N) is 3. The summed E-state index contributed by atoms with van der Waals surface area (Å²) in [4.78, 5) is 9.46. The largest absolute Gasteiger partial charge is 0.464 e. The highest BCUT2D eigenvalue weighted by atomic mass is 16.5. The van der Waals surface area contributed by atoms with Gasteiger partial charge in [0.15, 0.2) is 6.23 Å². The van der Waals surface area contributed by atoms with Gasteiger partial charge in [-0.25, -0.2) is 0 Å². The molecule has 4 aromatic carbocycles. The number of rotatable bonds is 9. The number of ether oxygens (including phenoxy) is 1. The summed E-state index contributed by atoms with van der Waals surface area (Å²) < 4.78 is 6.21. The van der Waals surface area contributed by atoms with Gasteiger partial charge in [0.05, 0.1) is 23.9 Å². The molecule has 0 fully saturated rings. The zero-order chi connectivity index (χ0) is 30.0. The maximum Gasteiger partial charge on any atom is 0.196 e. The molecule has 0 aliphatic carbocycles. The molecule has 3 aliphatic heterocycles. The lowest BCUT2D eigenvalue weighted by Gasteiger charge is -2.43. The summed E-state index contributed by atoms with van der Waals surface area (Å²) in [6, 6.07) is 34.0. The van der Waals surface area contributed by atoms with Gasteiger partial charge in [-0.2, -0.15) is 0 Å². The van der Waals surface area contributed by atoms with E-state index in [9.17, 15) is 0 Å². The monoisotopic (exact) mass is 582 g/mol. The van der Waals surface area contributed by atoms with Gasteiger partial charge in [-0.15, -0.1) is 0 Å². The minimum Gasteiger partial charge on any atom is -0.464 e. The second kappa shape index (κ2) is 12.0. The van der Waals surface area contributed by atoms with Gasteiger partial charge in [0, 0.05) is 12.1 Å². The van der Waals surface area contributed by atoms with E-state index < -0.39 is 0 Å². The van der Waals surface area contributed by atoms with Crippen LogP contribution in [0.4, 0.5) is 5.69 Å². The average molecular weight is 583 g/mol. The molecule has 0 saturated heterocycles. The molecule has 0 bridgehead atoms. The number of hydrogen-bond acceptors (Lipinski definition) is 7. The van der Waals surface area contributed by atoms with E-state index in [1.807, 2.05) is 30.5 Å². The van der Waals surface area contributed by atoms with Crippen LogP contribution in [0.25, 0.3) is 12.2 Å². The Hall–Kier alpha value is -4.85. The molecule has 3 aliphatic rings. The van der Waals surface area contributed by atoms with E-state index in [1.165, 1.54) is 27.8 Å². The summed E-state index contributed by atoms with van der Waals surface area (Å²) in [6.45, 7) is 4.87. The summed E-state index contributed by atoms with van der Waals surface area (Å²) in [5, 5.41) is 10.7. The van der Waals surface area contributed by atoms with Crippen LogP contribution in [0.1, 0.15) is 57.9 Å². The van der Waals surface area contributed by atoms with Crippen molar-refractivity contribution in [3.63, 3.8) is 0 Å². The van der Waals surface area contributed by atoms with Crippen LogP contribution in [0.2, 0.25) is 0 Å². The van der Waals surface area contributed by atoms with E-state index in [2.05, 4.69) is 138 Å². The van der Waals surface area contributed by atoms with Crippen molar-refractivity contribution < 1.29 is 4.74 Å². The molecule has 5 atom stereocenters. The van der Waals surface area contributed by atoms with Gasteiger partial charge in [-0.3, -0.25) is 14.8 Å². The van der Waals surface area contributed by atoms with Crippen LogP contribution in [0.15, 0.2) is 114 Å². The molecule has 5 unspecified atom stereocenters. The molecule has 0 radical (unpaired) electrons. The normalized spacial score (nSPS) is 20.8. The first-order valence-electron chi connectivity index (χ1n) is 15.1. The average Bonchev–Trinajstić information content (AvgIpc) is 3.50. The number of anilines is 1. The third-order valence-electron chi connectivity index (χ3n) is 8.93. The van der Waals surface area contributed by atoms with Gasteiger partial charge in [-0.1, -0.05) is 84.9 Å². The predicted octanol–water partition coefficient (Wildman–Crippen LogP) is 6.71. The van der Waals surface area contributed by atoms with Gasteiger partial charge in [0.2, 0.25) is 0 Å². The second-order valence-corrected chi connectivity index (χ2v) is 11.7. The lowest BCUT2D eigenvalue weighted by atomic mass is 9.94. The van der Waals surface area contributed by atoms with Crippen LogP contribution in [0.3, 0.4) is 0 Å². The first kappa shape index (κ1) is 28.0. The van der Waals surface area contributed by atoms with Crippen LogP contribution < -0.4 is 20.7 Å². The van der Waals surface area contributed by atoms with Gasteiger partial charge in [0.25, 0.3) is 0 Å². The van der Waals surface area contributed by atoms with Crippen LogP contribution in [-0.2, 0) is 0 Å². The first-order chi connectivity index (χ1) is 21.6. The Morgan fingerprint density at radius 2 is 1.45 bits per heavy atom. The van der Waals surface area contributed by atoms with Crippen molar-refractivity contribution in [3.8, 4) is 5.75 Å². The van der Waals surface area contributed by atoms with E-state index in [0.717, 1.165) is 23.5 Å². The number of likely N-dealkylation sites (N-methyl/N-ethyl adjacent to an activating group) is 2. The maximum atomic E-state index is 6.21. The minimum absolute atomic E-state index is 0.0417. The number of nitrogens with one attached hydrogen (secondary N) is 3. The van der Waals surface area contributed by atoms with Gasteiger partial charge in [-0.05, 0) is 85.3 Å². The predicted molar refractivity (Wildman–Crippen MR) is 179 cm³/mol. The lowest BCUT2D eigenvalue weighted by molar-refractivity contribution is 0.0328. The highest BCUT2D eigenvalue weighted by molar-refractivity contribution is 5.61. The molecular weight excluding hydrogens is 544 g/mol. The van der Waals surface area contributed by atoms with Crippen molar-refractivity contribution in [1.82, 2.24) is 20.4 Å². The third kappa shape index (κ3) is 5.25. The standard InChI is InChI=1S/C37H38N6O/c1-38-35(34-30-13-7-5-11-26(30)21-23-40-34)43(3)37(42(2)24-32-29-12-6-4-10-25(29)20-22-39-32)28-18-16-27(17-19-28)36-41-31-14-8-9-15-33(31)44-36/h4-23,32,34-37,39-41H,1,24H2,2-3H3. The van der Waals surface area contributed by atoms with Crippen molar-refractivity contribution >= 4 is 24.6 Å². The Kier molecular flexibility index (Phi) is 7.64. The van der Waals surface area contributed by atoms with Gasteiger partial charge < -0.3 is 20.7 Å². The van der Waals surface area contributed by atoms with E-state index >= 15 is 0 Å². The smallest absolute Gasteiger partial charge is 0.196 e. The summed E-state index contributed by atoms with van der Waals surface area (Å²) in [6.07, 6.45) is 7.80. The van der Waals surface area contributed by atoms with E-state index in [-0.39, 0.29) is 30.6 Å². The molecule has 7 rings (SSSR count).